The molecular formula is C18H16ClFN4OS. The second-order valence-electron chi connectivity index (χ2n) is 5.64. The summed E-state index contributed by atoms with van der Waals surface area (Å²) in [5, 5.41) is 8.12. The number of thioether (sulfide) groups is 1. The number of aromatic nitrogens is 3. The van der Waals surface area contributed by atoms with E-state index in [1.807, 2.05) is 12.1 Å². The molecule has 0 aliphatic heterocycles. The van der Waals surface area contributed by atoms with Crippen LogP contribution in [0.2, 0.25) is 5.02 Å². The van der Waals surface area contributed by atoms with Gasteiger partial charge in [0.05, 0.1) is 5.75 Å². The summed E-state index contributed by atoms with van der Waals surface area (Å²) in [6.45, 7) is 0.420. The van der Waals surface area contributed by atoms with Crippen molar-refractivity contribution in [3.05, 3.63) is 64.9 Å². The molecule has 3 rings (SSSR count). The topological polar surface area (TPSA) is 61.9 Å². The van der Waals surface area contributed by atoms with E-state index in [4.69, 9.17) is 11.6 Å². The Morgan fingerprint density at radius 3 is 2.58 bits per heavy atom. The Morgan fingerprint density at radius 2 is 1.88 bits per heavy atom. The molecule has 0 saturated heterocycles. The lowest BCUT2D eigenvalue weighted by molar-refractivity contribution is -0.127. The second-order valence-corrected chi connectivity index (χ2v) is 7.02. The molecule has 0 atom stereocenters. The zero-order valence-electron chi connectivity index (χ0n) is 13.9. The van der Waals surface area contributed by atoms with Crippen molar-refractivity contribution in [3.8, 4) is 11.4 Å². The van der Waals surface area contributed by atoms with Crippen molar-refractivity contribution in [2.75, 3.05) is 12.8 Å². The fourth-order valence-electron chi connectivity index (χ4n) is 2.24. The molecule has 0 radical (unpaired) electrons. The Hall–Kier alpha value is -2.38. The molecule has 1 amide bonds. The van der Waals surface area contributed by atoms with E-state index in [1.54, 1.807) is 36.2 Å². The predicted molar refractivity (Wildman–Crippen MR) is 100 cm³/mol. The van der Waals surface area contributed by atoms with Crippen LogP contribution in [-0.2, 0) is 11.3 Å². The van der Waals surface area contributed by atoms with Gasteiger partial charge in [0.2, 0.25) is 11.1 Å². The first kappa shape index (κ1) is 18.4. The number of carbonyl (C=O) groups is 1. The van der Waals surface area contributed by atoms with E-state index in [0.29, 0.717) is 22.5 Å². The van der Waals surface area contributed by atoms with Gasteiger partial charge in [-0.25, -0.2) is 9.37 Å². The Kier molecular flexibility index (Phi) is 5.90. The molecule has 0 unspecified atom stereocenters. The fourth-order valence-corrected chi connectivity index (χ4v) is 3.10. The molecule has 0 saturated carbocycles. The van der Waals surface area contributed by atoms with E-state index in [2.05, 4.69) is 15.2 Å². The molecule has 8 heteroatoms. The van der Waals surface area contributed by atoms with Gasteiger partial charge in [0.1, 0.15) is 5.82 Å². The van der Waals surface area contributed by atoms with Crippen LogP contribution in [0, 0.1) is 5.82 Å². The summed E-state index contributed by atoms with van der Waals surface area (Å²) < 4.78 is 12.9. The van der Waals surface area contributed by atoms with E-state index >= 15 is 0 Å². The van der Waals surface area contributed by atoms with Gasteiger partial charge in [-0.15, -0.1) is 5.10 Å². The number of benzene rings is 2. The van der Waals surface area contributed by atoms with Gasteiger partial charge in [-0.3, -0.25) is 9.89 Å². The Labute approximate surface area is 159 Å². The lowest BCUT2D eigenvalue weighted by Crippen LogP contribution is -2.27. The van der Waals surface area contributed by atoms with Gasteiger partial charge in [0.25, 0.3) is 0 Å². The number of nitrogens with one attached hydrogen (secondary N) is 1. The Balaban J connectivity index is 1.54. The number of amides is 1. The summed E-state index contributed by atoms with van der Waals surface area (Å²) >= 11 is 7.13. The highest BCUT2D eigenvalue weighted by molar-refractivity contribution is 7.99. The number of H-pyrrole nitrogens is 1. The first-order valence-corrected chi connectivity index (χ1v) is 9.17. The summed E-state index contributed by atoms with van der Waals surface area (Å²) in [6.07, 6.45) is 0. The highest BCUT2D eigenvalue weighted by atomic mass is 35.5. The van der Waals surface area contributed by atoms with Crippen molar-refractivity contribution in [2.24, 2.45) is 0 Å². The van der Waals surface area contributed by atoms with Crippen LogP contribution in [-0.4, -0.2) is 38.8 Å². The van der Waals surface area contributed by atoms with Crippen LogP contribution in [0.5, 0.6) is 0 Å². The van der Waals surface area contributed by atoms with Crippen LogP contribution in [0.1, 0.15) is 5.56 Å². The van der Waals surface area contributed by atoms with Gasteiger partial charge in [0, 0.05) is 24.2 Å². The van der Waals surface area contributed by atoms with Gasteiger partial charge in [-0.1, -0.05) is 35.5 Å². The van der Waals surface area contributed by atoms with Gasteiger partial charge >= 0.3 is 0 Å². The maximum absolute atomic E-state index is 12.9. The van der Waals surface area contributed by atoms with E-state index < -0.39 is 0 Å². The summed E-state index contributed by atoms with van der Waals surface area (Å²) in [6, 6.07) is 13.3. The third-order valence-electron chi connectivity index (χ3n) is 3.67. The smallest absolute Gasteiger partial charge is 0.233 e. The minimum atomic E-state index is -0.292. The van der Waals surface area contributed by atoms with E-state index in [1.165, 1.54) is 23.9 Å². The van der Waals surface area contributed by atoms with Crippen LogP contribution in [0.3, 0.4) is 0 Å². The van der Waals surface area contributed by atoms with Crippen molar-refractivity contribution in [2.45, 2.75) is 11.7 Å². The molecule has 5 nitrogen and oxygen atoms in total. The van der Waals surface area contributed by atoms with E-state index in [-0.39, 0.29) is 17.5 Å². The maximum atomic E-state index is 12.9. The zero-order chi connectivity index (χ0) is 18.5. The molecule has 1 aromatic heterocycles. The molecule has 0 fully saturated rings. The summed E-state index contributed by atoms with van der Waals surface area (Å²) in [4.78, 5) is 18.2. The summed E-state index contributed by atoms with van der Waals surface area (Å²) in [7, 11) is 1.71. The Morgan fingerprint density at radius 1 is 1.19 bits per heavy atom. The minimum Gasteiger partial charge on any atom is -0.341 e. The predicted octanol–water partition coefficient (Wildman–Crippen LogP) is 4.01. The van der Waals surface area contributed by atoms with Crippen LogP contribution >= 0.6 is 23.4 Å². The zero-order valence-corrected chi connectivity index (χ0v) is 15.5. The molecule has 2 aromatic carbocycles. The highest BCUT2D eigenvalue weighted by Crippen LogP contribution is 2.21. The normalized spacial score (nSPS) is 10.7. The van der Waals surface area contributed by atoms with Crippen molar-refractivity contribution in [3.63, 3.8) is 0 Å². The lowest BCUT2D eigenvalue weighted by Gasteiger charge is -2.16. The second kappa shape index (κ2) is 8.33. The first-order valence-electron chi connectivity index (χ1n) is 7.81. The third-order valence-corrected chi connectivity index (χ3v) is 4.75. The van der Waals surface area contributed by atoms with E-state index in [0.717, 1.165) is 11.1 Å². The lowest BCUT2D eigenvalue weighted by atomic mass is 10.2. The number of rotatable bonds is 6. The van der Waals surface area contributed by atoms with Crippen molar-refractivity contribution >= 4 is 29.3 Å². The summed E-state index contributed by atoms with van der Waals surface area (Å²) in [5.41, 5.74) is 1.74. The van der Waals surface area contributed by atoms with Gasteiger partial charge in [-0.05, 0) is 42.0 Å². The number of nitrogens with zero attached hydrogens (tertiary/aromatic N) is 3. The molecule has 0 bridgehead atoms. The minimum absolute atomic E-state index is 0.0582. The largest absolute Gasteiger partial charge is 0.341 e. The number of hydrogen-bond acceptors (Lipinski definition) is 4. The average Bonchev–Trinajstić information content (AvgIpc) is 3.11. The quantitative estimate of drug-likeness (QED) is 0.646. The van der Waals surface area contributed by atoms with Crippen LogP contribution in [0.25, 0.3) is 11.4 Å². The third kappa shape index (κ3) is 4.83. The van der Waals surface area contributed by atoms with Crippen molar-refractivity contribution in [1.29, 1.82) is 0 Å². The standard InChI is InChI=1S/C18H16ClFN4OS/c1-24(10-12-2-8-15(20)9-3-12)16(25)11-26-18-21-17(22-23-18)13-4-6-14(19)7-5-13/h2-9H,10-11H2,1H3,(H,21,22,23). The molecule has 26 heavy (non-hydrogen) atoms. The fraction of sp³-hybridized carbons (Fsp3) is 0.167. The van der Waals surface area contributed by atoms with E-state index in [9.17, 15) is 9.18 Å². The van der Waals surface area contributed by atoms with Crippen molar-refractivity contribution < 1.29 is 9.18 Å². The number of carbonyl (C=O) groups excluding carboxylic acids is 1. The molecule has 3 aromatic rings. The highest BCUT2D eigenvalue weighted by Gasteiger charge is 2.13. The van der Waals surface area contributed by atoms with Gasteiger partial charge in [-0.2, -0.15) is 0 Å². The molecule has 1 N–H and O–H groups in total. The SMILES string of the molecule is CN(Cc1ccc(F)cc1)C(=O)CSc1n[nH]c(-c2ccc(Cl)cc2)n1. The molecule has 1 heterocycles. The van der Waals surface area contributed by atoms with Gasteiger partial charge in [0.15, 0.2) is 5.82 Å². The summed E-state index contributed by atoms with van der Waals surface area (Å²) in [5.74, 6) is 0.489. The maximum Gasteiger partial charge on any atom is 0.233 e. The monoisotopic (exact) mass is 390 g/mol. The number of halogens is 2. The number of aromatic amines is 1. The first-order chi connectivity index (χ1) is 12.5. The molecule has 0 aliphatic rings. The molecule has 134 valence electrons. The van der Waals surface area contributed by atoms with Crippen LogP contribution < -0.4 is 0 Å². The van der Waals surface area contributed by atoms with Crippen LogP contribution in [0.4, 0.5) is 4.39 Å². The number of hydrogen-bond donors (Lipinski definition) is 1. The molecule has 0 aliphatic carbocycles. The van der Waals surface area contributed by atoms with Crippen LogP contribution in [0.15, 0.2) is 53.7 Å². The van der Waals surface area contributed by atoms with Crippen molar-refractivity contribution in [1.82, 2.24) is 20.1 Å². The molecular weight excluding hydrogens is 375 g/mol. The Bertz CT molecular complexity index is 883. The van der Waals surface area contributed by atoms with Gasteiger partial charge < -0.3 is 4.90 Å². The molecule has 0 spiro atoms. The average molecular weight is 391 g/mol.